The Morgan fingerprint density at radius 2 is 1.67 bits per heavy atom. The van der Waals surface area contributed by atoms with E-state index in [1.54, 1.807) is 7.11 Å². The summed E-state index contributed by atoms with van der Waals surface area (Å²) < 4.78 is 5.31. The molecule has 0 unspecified atom stereocenters. The SMILES string of the molecule is CCc1ccc(C(=O)Cc2ccccc2OC)cc1CC. The molecule has 0 bridgehead atoms. The Hall–Kier alpha value is -2.09. The Bertz CT molecular complexity index is 629. The zero-order valence-corrected chi connectivity index (χ0v) is 13.0. The summed E-state index contributed by atoms with van der Waals surface area (Å²) in [4.78, 5) is 12.5. The monoisotopic (exact) mass is 282 g/mol. The molecule has 2 heteroatoms. The van der Waals surface area contributed by atoms with Gasteiger partial charge in [-0.3, -0.25) is 4.79 Å². The standard InChI is InChI=1S/C19H22O2/c1-4-14-10-11-16(12-15(14)5-2)18(20)13-17-8-6-7-9-19(17)21-3/h6-12H,4-5,13H2,1-3H3. The number of para-hydroxylation sites is 1. The average Bonchev–Trinajstić information content (AvgIpc) is 2.54. The molecule has 2 aromatic rings. The van der Waals surface area contributed by atoms with Gasteiger partial charge in [-0.2, -0.15) is 0 Å². The summed E-state index contributed by atoms with van der Waals surface area (Å²) in [5.41, 5.74) is 4.31. The lowest BCUT2D eigenvalue weighted by atomic mass is 9.96. The largest absolute Gasteiger partial charge is 0.496 e. The fraction of sp³-hybridized carbons (Fsp3) is 0.316. The third kappa shape index (κ3) is 3.52. The topological polar surface area (TPSA) is 26.3 Å². The van der Waals surface area contributed by atoms with Gasteiger partial charge in [0.05, 0.1) is 7.11 Å². The molecule has 0 heterocycles. The predicted octanol–water partition coefficient (Wildman–Crippen LogP) is 4.25. The second kappa shape index (κ2) is 7.07. The molecule has 0 fully saturated rings. The quantitative estimate of drug-likeness (QED) is 0.741. The van der Waals surface area contributed by atoms with E-state index in [9.17, 15) is 4.79 Å². The van der Waals surface area contributed by atoms with E-state index in [0.717, 1.165) is 29.7 Å². The van der Waals surface area contributed by atoms with E-state index in [4.69, 9.17) is 4.74 Å². The minimum Gasteiger partial charge on any atom is -0.496 e. The molecule has 110 valence electrons. The lowest BCUT2D eigenvalue weighted by Crippen LogP contribution is -2.06. The van der Waals surface area contributed by atoms with Crippen LogP contribution in [-0.2, 0) is 19.3 Å². The van der Waals surface area contributed by atoms with Crippen LogP contribution in [0.15, 0.2) is 42.5 Å². The van der Waals surface area contributed by atoms with Crippen LogP contribution in [0.3, 0.4) is 0 Å². The van der Waals surface area contributed by atoms with Crippen molar-refractivity contribution in [1.82, 2.24) is 0 Å². The number of ether oxygens (including phenoxy) is 1. The van der Waals surface area contributed by atoms with Gasteiger partial charge in [0.1, 0.15) is 5.75 Å². The lowest BCUT2D eigenvalue weighted by molar-refractivity contribution is 0.0992. The van der Waals surface area contributed by atoms with Crippen molar-refractivity contribution < 1.29 is 9.53 Å². The second-order valence-corrected chi connectivity index (χ2v) is 5.10. The Kier molecular flexibility index (Phi) is 5.15. The third-order valence-electron chi connectivity index (χ3n) is 3.83. The average molecular weight is 282 g/mol. The van der Waals surface area contributed by atoms with Gasteiger partial charge in [-0.15, -0.1) is 0 Å². The molecule has 2 rings (SSSR count). The molecule has 0 atom stereocenters. The van der Waals surface area contributed by atoms with Crippen LogP contribution in [0.4, 0.5) is 0 Å². The Morgan fingerprint density at radius 3 is 2.33 bits per heavy atom. The fourth-order valence-corrected chi connectivity index (χ4v) is 2.60. The van der Waals surface area contributed by atoms with Crippen molar-refractivity contribution in [3.8, 4) is 5.75 Å². The summed E-state index contributed by atoms with van der Waals surface area (Å²) in [5, 5.41) is 0. The minimum atomic E-state index is 0.136. The first-order valence-corrected chi connectivity index (χ1v) is 7.46. The summed E-state index contributed by atoms with van der Waals surface area (Å²) in [6.07, 6.45) is 2.34. The molecular weight excluding hydrogens is 260 g/mol. The number of carbonyl (C=O) groups excluding carboxylic acids is 1. The second-order valence-electron chi connectivity index (χ2n) is 5.10. The van der Waals surface area contributed by atoms with E-state index in [1.807, 2.05) is 36.4 Å². The van der Waals surface area contributed by atoms with Crippen LogP contribution in [-0.4, -0.2) is 12.9 Å². The molecule has 0 aromatic heterocycles. The minimum absolute atomic E-state index is 0.136. The molecular formula is C19H22O2. The maximum Gasteiger partial charge on any atom is 0.167 e. The Morgan fingerprint density at radius 1 is 0.952 bits per heavy atom. The maximum atomic E-state index is 12.5. The molecule has 0 saturated carbocycles. The van der Waals surface area contributed by atoms with Crippen LogP contribution >= 0.6 is 0 Å². The molecule has 0 N–H and O–H groups in total. The summed E-state index contributed by atoms with van der Waals surface area (Å²) >= 11 is 0. The van der Waals surface area contributed by atoms with E-state index in [-0.39, 0.29) is 5.78 Å². The highest BCUT2D eigenvalue weighted by Crippen LogP contribution is 2.21. The van der Waals surface area contributed by atoms with E-state index >= 15 is 0 Å². The van der Waals surface area contributed by atoms with Gasteiger partial charge in [-0.05, 0) is 36.1 Å². The highest BCUT2D eigenvalue weighted by atomic mass is 16.5. The zero-order chi connectivity index (χ0) is 15.2. The number of rotatable bonds is 6. The van der Waals surface area contributed by atoms with Gasteiger partial charge in [0.2, 0.25) is 0 Å². The molecule has 2 aromatic carbocycles. The van der Waals surface area contributed by atoms with Crippen LogP contribution in [0.25, 0.3) is 0 Å². The number of hydrogen-bond acceptors (Lipinski definition) is 2. The summed E-state index contributed by atoms with van der Waals surface area (Å²) in [5.74, 6) is 0.906. The van der Waals surface area contributed by atoms with E-state index < -0.39 is 0 Å². The van der Waals surface area contributed by atoms with Crippen LogP contribution in [0.2, 0.25) is 0 Å². The van der Waals surface area contributed by atoms with Crippen molar-refractivity contribution >= 4 is 5.78 Å². The molecule has 0 aliphatic rings. The van der Waals surface area contributed by atoms with Crippen LogP contribution < -0.4 is 4.74 Å². The first kappa shape index (κ1) is 15.3. The molecule has 0 saturated heterocycles. The van der Waals surface area contributed by atoms with Gasteiger partial charge in [0.15, 0.2) is 5.78 Å². The van der Waals surface area contributed by atoms with Crippen molar-refractivity contribution in [3.63, 3.8) is 0 Å². The first-order valence-electron chi connectivity index (χ1n) is 7.46. The van der Waals surface area contributed by atoms with E-state index in [1.165, 1.54) is 11.1 Å². The van der Waals surface area contributed by atoms with E-state index in [0.29, 0.717) is 6.42 Å². The van der Waals surface area contributed by atoms with Crippen LogP contribution in [0, 0.1) is 0 Å². The molecule has 21 heavy (non-hydrogen) atoms. The molecule has 0 aliphatic heterocycles. The van der Waals surface area contributed by atoms with Gasteiger partial charge in [0, 0.05) is 17.5 Å². The lowest BCUT2D eigenvalue weighted by Gasteiger charge is -2.10. The number of Topliss-reactive ketones (excluding diaryl/α,β-unsaturated/α-hetero) is 1. The predicted molar refractivity (Wildman–Crippen MR) is 86.2 cm³/mol. The van der Waals surface area contributed by atoms with Crippen molar-refractivity contribution in [1.29, 1.82) is 0 Å². The van der Waals surface area contributed by atoms with E-state index in [2.05, 4.69) is 19.9 Å². The van der Waals surface area contributed by atoms with Crippen molar-refractivity contribution in [3.05, 3.63) is 64.7 Å². The number of carbonyl (C=O) groups is 1. The molecule has 0 aliphatic carbocycles. The van der Waals surface area contributed by atoms with Crippen molar-refractivity contribution in [2.75, 3.05) is 7.11 Å². The summed E-state index contributed by atoms with van der Waals surface area (Å²) in [6, 6.07) is 13.7. The first-order chi connectivity index (χ1) is 10.2. The zero-order valence-electron chi connectivity index (χ0n) is 13.0. The summed E-state index contributed by atoms with van der Waals surface area (Å²) in [7, 11) is 1.63. The molecule has 0 radical (unpaired) electrons. The summed E-state index contributed by atoms with van der Waals surface area (Å²) in [6.45, 7) is 4.27. The molecule has 2 nitrogen and oxygen atoms in total. The Labute approximate surface area is 126 Å². The molecule has 0 amide bonds. The van der Waals surface area contributed by atoms with Crippen LogP contribution in [0.1, 0.15) is 40.9 Å². The fourth-order valence-electron chi connectivity index (χ4n) is 2.60. The number of hydrogen-bond donors (Lipinski definition) is 0. The van der Waals surface area contributed by atoms with Crippen LogP contribution in [0.5, 0.6) is 5.75 Å². The number of benzene rings is 2. The Balaban J connectivity index is 2.24. The number of methoxy groups -OCH3 is 1. The van der Waals surface area contributed by atoms with Gasteiger partial charge in [-0.1, -0.05) is 44.2 Å². The number of aryl methyl sites for hydroxylation is 2. The van der Waals surface area contributed by atoms with Gasteiger partial charge < -0.3 is 4.74 Å². The van der Waals surface area contributed by atoms with Gasteiger partial charge >= 0.3 is 0 Å². The molecule has 0 spiro atoms. The highest BCUT2D eigenvalue weighted by Gasteiger charge is 2.12. The normalized spacial score (nSPS) is 10.4. The van der Waals surface area contributed by atoms with Crippen molar-refractivity contribution in [2.24, 2.45) is 0 Å². The van der Waals surface area contributed by atoms with Gasteiger partial charge in [-0.25, -0.2) is 0 Å². The smallest absolute Gasteiger partial charge is 0.167 e. The highest BCUT2D eigenvalue weighted by molar-refractivity contribution is 5.98. The maximum absolute atomic E-state index is 12.5. The number of ketones is 1. The third-order valence-corrected chi connectivity index (χ3v) is 3.83. The van der Waals surface area contributed by atoms with Crippen molar-refractivity contribution in [2.45, 2.75) is 33.1 Å². The van der Waals surface area contributed by atoms with Gasteiger partial charge in [0.25, 0.3) is 0 Å².